The molecular formula is C23H31N5O. The maximum atomic E-state index is 10.2. The van der Waals surface area contributed by atoms with Crippen molar-refractivity contribution in [2.24, 2.45) is 5.92 Å². The summed E-state index contributed by atoms with van der Waals surface area (Å²) < 4.78 is 0. The SMILES string of the molecule is C[C@H]1CN2c3cc(-c4ccccc4O)nnc3CC[C@H]2CN1CC1CCNCC1. The minimum Gasteiger partial charge on any atom is -0.507 e. The van der Waals surface area contributed by atoms with Crippen LogP contribution in [0, 0.1) is 5.92 Å². The number of nitrogens with zero attached hydrogens (tertiary/aromatic N) is 4. The van der Waals surface area contributed by atoms with Gasteiger partial charge < -0.3 is 15.3 Å². The number of para-hydroxylation sites is 1. The van der Waals surface area contributed by atoms with Crippen LogP contribution in [0.4, 0.5) is 5.69 Å². The third-order valence-electron chi connectivity index (χ3n) is 6.97. The average molecular weight is 394 g/mol. The molecule has 6 nitrogen and oxygen atoms in total. The van der Waals surface area contributed by atoms with E-state index in [1.807, 2.05) is 18.2 Å². The Bertz CT molecular complexity index is 866. The van der Waals surface area contributed by atoms with E-state index in [2.05, 4.69) is 38.3 Å². The maximum absolute atomic E-state index is 10.2. The molecule has 6 heteroatoms. The summed E-state index contributed by atoms with van der Waals surface area (Å²) in [6.07, 6.45) is 4.74. The van der Waals surface area contributed by atoms with Gasteiger partial charge in [0.25, 0.3) is 0 Å². The minimum absolute atomic E-state index is 0.259. The fourth-order valence-corrected chi connectivity index (χ4v) is 5.25. The van der Waals surface area contributed by atoms with Crippen molar-refractivity contribution in [1.82, 2.24) is 20.4 Å². The molecule has 1 aromatic carbocycles. The number of aromatic hydroxyl groups is 1. The van der Waals surface area contributed by atoms with E-state index in [1.165, 1.54) is 38.2 Å². The Balaban J connectivity index is 1.37. The van der Waals surface area contributed by atoms with Crippen molar-refractivity contribution in [3.63, 3.8) is 0 Å². The van der Waals surface area contributed by atoms with Gasteiger partial charge in [-0.15, -0.1) is 5.10 Å². The Hall–Kier alpha value is -2.18. The molecule has 2 atom stereocenters. The molecule has 0 spiro atoms. The minimum atomic E-state index is 0.259. The number of piperazine rings is 1. The van der Waals surface area contributed by atoms with Gasteiger partial charge >= 0.3 is 0 Å². The Labute approximate surface area is 172 Å². The maximum Gasteiger partial charge on any atom is 0.125 e. The van der Waals surface area contributed by atoms with Gasteiger partial charge in [-0.05, 0) is 69.8 Å². The van der Waals surface area contributed by atoms with Crippen molar-refractivity contribution < 1.29 is 5.11 Å². The van der Waals surface area contributed by atoms with Crippen LogP contribution in [0.5, 0.6) is 5.75 Å². The zero-order chi connectivity index (χ0) is 19.8. The second kappa shape index (κ2) is 7.92. The number of phenolic OH excluding ortho intramolecular Hbond substituents is 1. The Morgan fingerprint density at radius 2 is 1.93 bits per heavy atom. The summed E-state index contributed by atoms with van der Waals surface area (Å²) in [6.45, 7) is 8.11. The van der Waals surface area contributed by atoms with Crippen LogP contribution in [0.3, 0.4) is 0 Å². The molecule has 5 rings (SSSR count). The largest absolute Gasteiger partial charge is 0.507 e. The normalized spacial score (nSPS) is 25.5. The van der Waals surface area contributed by atoms with E-state index in [0.717, 1.165) is 48.8 Å². The number of aryl methyl sites for hydroxylation is 1. The zero-order valence-corrected chi connectivity index (χ0v) is 17.2. The van der Waals surface area contributed by atoms with Crippen LogP contribution < -0.4 is 10.2 Å². The fourth-order valence-electron chi connectivity index (χ4n) is 5.25. The molecule has 4 heterocycles. The second-order valence-electron chi connectivity index (χ2n) is 8.92. The lowest BCUT2D eigenvalue weighted by Crippen LogP contribution is -2.60. The number of aromatic nitrogens is 2. The first-order valence-corrected chi connectivity index (χ1v) is 11.1. The highest BCUT2D eigenvalue weighted by Gasteiger charge is 2.36. The predicted octanol–water partition coefficient (Wildman–Crippen LogP) is 2.67. The molecule has 0 amide bonds. The number of rotatable bonds is 3. The van der Waals surface area contributed by atoms with Crippen molar-refractivity contribution in [3.05, 3.63) is 36.0 Å². The zero-order valence-electron chi connectivity index (χ0n) is 17.2. The molecule has 2 saturated heterocycles. The summed E-state index contributed by atoms with van der Waals surface area (Å²) in [6, 6.07) is 10.6. The third-order valence-corrected chi connectivity index (χ3v) is 6.97. The third kappa shape index (κ3) is 3.71. The molecule has 154 valence electrons. The first-order valence-electron chi connectivity index (χ1n) is 11.1. The van der Waals surface area contributed by atoms with Crippen molar-refractivity contribution in [1.29, 1.82) is 0 Å². The van der Waals surface area contributed by atoms with Crippen LogP contribution >= 0.6 is 0 Å². The van der Waals surface area contributed by atoms with Gasteiger partial charge in [-0.1, -0.05) is 12.1 Å². The molecule has 2 fully saturated rings. The molecule has 3 aliphatic rings. The summed E-state index contributed by atoms with van der Waals surface area (Å²) in [7, 11) is 0. The van der Waals surface area contributed by atoms with E-state index in [-0.39, 0.29) is 5.75 Å². The van der Waals surface area contributed by atoms with Gasteiger partial charge in [-0.3, -0.25) is 4.90 Å². The van der Waals surface area contributed by atoms with Gasteiger partial charge in [0.1, 0.15) is 5.75 Å². The lowest BCUT2D eigenvalue weighted by atomic mass is 9.92. The second-order valence-corrected chi connectivity index (χ2v) is 8.92. The van der Waals surface area contributed by atoms with Crippen LogP contribution in [0.2, 0.25) is 0 Å². The standard InChI is InChI=1S/C23H31N5O/c1-16-13-28-18(15-27(16)14-17-8-10-24-11-9-17)6-7-20-22(28)12-21(26-25-20)19-4-2-3-5-23(19)29/h2-5,12,16-18,24,29H,6-11,13-15H2,1H3/t16-,18-/m0/s1. The molecule has 0 radical (unpaired) electrons. The highest BCUT2D eigenvalue weighted by atomic mass is 16.3. The molecule has 3 aliphatic heterocycles. The van der Waals surface area contributed by atoms with Crippen molar-refractivity contribution >= 4 is 5.69 Å². The van der Waals surface area contributed by atoms with E-state index in [1.54, 1.807) is 6.07 Å². The highest BCUT2D eigenvalue weighted by Crippen LogP contribution is 2.36. The smallest absolute Gasteiger partial charge is 0.125 e. The Kier molecular flexibility index (Phi) is 5.14. The molecule has 29 heavy (non-hydrogen) atoms. The van der Waals surface area contributed by atoms with Crippen LogP contribution in [0.25, 0.3) is 11.3 Å². The van der Waals surface area contributed by atoms with E-state index in [0.29, 0.717) is 12.1 Å². The molecule has 2 aromatic rings. The number of hydrogen-bond acceptors (Lipinski definition) is 6. The lowest BCUT2D eigenvalue weighted by Gasteiger charge is -2.49. The Morgan fingerprint density at radius 3 is 2.76 bits per heavy atom. The first-order chi connectivity index (χ1) is 14.2. The quantitative estimate of drug-likeness (QED) is 0.836. The summed E-state index contributed by atoms with van der Waals surface area (Å²) in [5.74, 6) is 1.09. The van der Waals surface area contributed by atoms with E-state index in [4.69, 9.17) is 0 Å². The number of benzene rings is 1. The van der Waals surface area contributed by atoms with Gasteiger partial charge in [-0.2, -0.15) is 5.10 Å². The molecule has 2 N–H and O–H groups in total. The lowest BCUT2D eigenvalue weighted by molar-refractivity contribution is 0.122. The van der Waals surface area contributed by atoms with Gasteiger partial charge in [0.05, 0.1) is 17.1 Å². The summed E-state index contributed by atoms with van der Waals surface area (Å²) in [5, 5.41) is 22.7. The number of phenols is 1. The van der Waals surface area contributed by atoms with E-state index < -0.39 is 0 Å². The van der Waals surface area contributed by atoms with Gasteiger partial charge in [-0.25, -0.2) is 0 Å². The summed E-state index contributed by atoms with van der Waals surface area (Å²) >= 11 is 0. The summed E-state index contributed by atoms with van der Waals surface area (Å²) in [4.78, 5) is 5.28. The monoisotopic (exact) mass is 393 g/mol. The van der Waals surface area contributed by atoms with Gasteiger partial charge in [0, 0.05) is 37.3 Å². The highest BCUT2D eigenvalue weighted by molar-refractivity contribution is 5.71. The molecule has 0 aliphatic carbocycles. The van der Waals surface area contributed by atoms with Crippen LogP contribution in [0.1, 0.15) is 31.9 Å². The number of anilines is 1. The van der Waals surface area contributed by atoms with Crippen LogP contribution in [0.15, 0.2) is 30.3 Å². The molecule has 0 bridgehead atoms. The Morgan fingerprint density at radius 1 is 1.10 bits per heavy atom. The van der Waals surface area contributed by atoms with Crippen molar-refractivity contribution in [2.75, 3.05) is 37.6 Å². The van der Waals surface area contributed by atoms with Gasteiger partial charge in [0.2, 0.25) is 0 Å². The van der Waals surface area contributed by atoms with Crippen LogP contribution in [-0.2, 0) is 6.42 Å². The first kappa shape index (κ1) is 18.8. The predicted molar refractivity (Wildman–Crippen MR) is 115 cm³/mol. The number of hydrogen-bond donors (Lipinski definition) is 2. The topological polar surface area (TPSA) is 64.5 Å². The van der Waals surface area contributed by atoms with Crippen LogP contribution in [-0.4, -0.2) is 65.0 Å². The molecule has 1 aromatic heterocycles. The fraction of sp³-hybridized carbons (Fsp3) is 0.565. The van der Waals surface area contributed by atoms with Gasteiger partial charge in [0.15, 0.2) is 0 Å². The molecule has 0 saturated carbocycles. The summed E-state index contributed by atoms with van der Waals surface area (Å²) in [5.41, 5.74) is 3.82. The molecule has 0 unspecified atom stereocenters. The van der Waals surface area contributed by atoms with E-state index >= 15 is 0 Å². The van der Waals surface area contributed by atoms with Crippen molar-refractivity contribution in [3.8, 4) is 17.0 Å². The number of nitrogens with one attached hydrogen (secondary N) is 1. The van der Waals surface area contributed by atoms with Crippen molar-refractivity contribution in [2.45, 2.75) is 44.7 Å². The average Bonchev–Trinajstić information content (AvgIpc) is 2.75. The number of piperidine rings is 1. The molecular weight excluding hydrogens is 362 g/mol. The number of fused-ring (bicyclic) bond motifs is 3. The van der Waals surface area contributed by atoms with E-state index in [9.17, 15) is 5.11 Å².